The van der Waals surface area contributed by atoms with E-state index in [4.69, 9.17) is 11.6 Å². The number of imidazole rings is 1. The van der Waals surface area contributed by atoms with Crippen molar-refractivity contribution in [3.05, 3.63) is 52.8 Å². The maximum absolute atomic E-state index is 12.9. The minimum atomic E-state index is -0.475. The van der Waals surface area contributed by atoms with Crippen LogP contribution in [0.25, 0.3) is 22.4 Å². The van der Waals surface area contributed by atoms with Gasteiger partial charge in [-0.2, -0.15) is 0 Å². The van der Waals surface area contributed by atoms with E-state index in [2.05, 4.69) is 14.7 Å². The molecule has 0 bridgehead atoms. The van der Waals surface area contributed by atoms with Crippen LogP contribution in [0.15, 0.2) is 36.4 Å². The van der Waals surface area contributed by atoms with Crippen LogP contribution in [-0.4, -0.2) is 23.0 Å². The monoisotopic (exact) mass is 304 g/mol. The van der Waals surface area contributed by atoms with Crippen LogP contribution >= 0.6 is 11.6 Å². The Bertz CT molecular complexity index is 828. The second kappa shape index (κ2) is 5.18. The Morgan fingerprint density at radius 1 is 1.29 bits per heavy atom. The number of aromatic nitrogens is 2. The Morgan fingerprint density at radius 2 is 2.00 bits per heavy atom. The molecule has 0 fully saturated rings. The van der Waals surface area contributed by atoms with Crippen molar-refractivity contribution in [2.75, 3.05) is 7.11 Å². The molecule has 1 N–H and O–H groups in total. The van der Waals surface area contributed by atoms with E-state index in [0.29, 0.717) is 27.4 Å². The summed E-state index contributed by atoms with van der Waals surface area (Å²) >= 11 is 6.14. The lowest BCUT2D eigenvalue weighted by Gasteiger charge is -1.99. The van der Waals surface area contributed by atoms with E-state index in [0.717, 1.165) is 5.56 Å². The normalized spacial score (nSPS) is 10.8. The fourth-order valence-corrected chi connectivity index (χ4v) is 2.32. The van der Waals surface area contributed by atoms with Crippen molar-refractivity contribution in [1.82, 2.24) is 9.97 Å². The highest BCUT2D eigenvalue weighted by Crippen LogP contribution is 2.27. The standard InChI is InChI=1S/C15H10ClFN2O2/c1-21-15(20)9-6-11(16)13-12(7-9)18-14(19-13)8-2-4-10(17)5-3-8/h2-7H,1H3,(H,18,19). The SMILES string of the molecule is COC(=O)c1cc(Cl)c2nc(-c3ccc(F)cc3)[nH]c2c1. The molecular formula is C15H10ClFN2O2. The van der Waals surface area contributed by atoms with Crippen LogP contribution in [0, 0.1) is 5.82 Å². The Morgan fingerprint density at radius 3 is 2.67 bits per heavy atom. The highest BCUT2D eigenvalue weighted by Gasteiger charge is 2.13. The molecule has 1 heterocycles. The molecule has 0 aliphatic heterocycles. The number of esters is 1. The largest absolute Gasteiger partial charge is 0.465 e. The van der Waals surface area contributed by atoms with Gasteiger partial charge in [0.05, 0.1) is 23.2 Å². The number of ether oxygens (including phenoxy) is 1. The van der Waals surface area contributed by atoms with Gasteiger partial charge in [-0.1, -0.05) is 11.6 Å². The summed E-state index contributed by atoms with van der Waals surface area (Å²) in [6, 6.07) is 9.05. The number of benzene rings is 2. The number of nitrogens with one attached hydrogen (secondary N) is 1. The van der Waals surface area contributed by atoms with Gasteiger partial charge in [-0.3, -0.25) is 0 Å². The Hall–Kier alpha value is -2.40. The van der Waals surface area contributed by atoms with Gasteiger partial charge in [0.1, 0.15) is 17.2 Å². The van der Waals surface area contributed by atoms with Crippen LogP contribution in [0.5, 0.6) is 0 Å². The van der Waals surface area contributed by atoms with Gasteiger partial charge in [0, 0.05) is 5.56 Å². The Labute approximate surface area is 124 Å². The van der Waals surface area contributed by atoms with E-state index >= 15 is 0 Å². The summed E-state index contributed by atoms with van der Waals surface area (Å²) in [7, 11) is 1.30. The third-order valence-electron chi connectivity index (χ3n) is 3.08. The van der Waals surface area contributed by atoms with Gasteiger partial charge in [0.25, 0.3) is 0 Å². The number of halogens is 2. The third-order valence-corrected chi connectivity index (χ3v) is 3.37. The molecule has 0 aliphatic rings. The summed E-state index contributed by atoms with van der Waals surface area (Å²) in [5.41, 5.74) is 2.22. The van der Waals surface area contributed by atoms with Gasteiger partial charge < -0.3 is 9.72 Å². The molecule has 1 aromatic heterocycles. The molecule has 3 rings (SSSR count). The first-order chi connectivity index (χ1) is 10.1. The summed E-state index contributed by atoms with van der Waals surface area (Å²) in [4.78, 5) is 19.0. The Kier molecular flexibility index (Phi) is 3.35. The summed E-state index contributed by atoms with van der Waals surface area (Å²) in [5, 5.41) is 0.345. The number of H-pyrrole nitrogens is 1. The van der Waals surface area contributed by atoms with Crippen molar-refractivity contribution < 1.29 is 13.9 Å². The van der Waals surface area contributed by atoms with Gasteiger partial charge in [0.2, 0.25) is 0 Å². The molecule has 0 atom stereocenters. The van der Waals surface area contributed by atoms with E-state index in [-0.39, 0.29) is 5.82 Å². The minimum absolute atomic E-state index is 0.319. The average molecular weight is 305 g/mol. The molecular weight excluding hydrogens is 295 g/mol. The van der Waals surface area contributed by atoms with Crippen molar-refractivity contribution in [3.8, 4) is 11.4 Å². The van der Waals surface area contributed by atoms with E-state index < -0.39 is 5.97 Å². The molecule has 0 unspecified atom stereocenters. The van der Waals surface area contributed by atoms with Gasteiger partial charge >= 0.3 is 5.97 Å². The van der Waals surface area contributed by atoms with E-state index in [1.54, 1.807) is 18.2 Å². The van der Waals surface area contributed by atoms with Gasteiger partial charge in [-0.15, -0.1) is 0 Å². The zero-order chi connectivity index (χ0) is 15.0. The number of carbonyl (C=O) groups is 1. The Balaban J connectivity index is 2.13. The summed E-state index contributed by atoms with van der Waals surface area (Å²) in [6.45, 7) is 0. The highest BCUT2D eigenvalue weighted by molar-refractivity contribution is 6.35. The molecule has 0 saturated carbocycles. The van der Waals surface area contributed by atoms with Crippen LogP contribution in [-0.2, 0) is 4.74 Å². The molecule has 4 nitrogen and oxygen atoms in total. The lowest BCUT2D eigenvalue weighted by Crippen LogP contribution is -2.00. The van der Waals surface area contributed by atoms with Gasteiger partial charge in [0.15, 0.2) is 0 Å². The van der Waals surface area contributed by atoms with E-state index in [1.165, 1.54) is 25.3 Å². The number of hydrogen-bond donors (Lipinski definition) is 1. The van der Waals surface area contributed by atoms with Crippen molar-refractivity contribution in [2.24, 2.45) is 0 Å². The van der Waals surface area contributed by atoms with Crippen LogP contribution in [0.1, 0.15) is 10.4 Å². The number of fused-ring (bicyclic) bond motifs is 1. The quantitative estimate of drug-likeness (QED) is 0.732. The summed E-state index contributed by atoms with van der Waals surface area (Å²) in [6.07, 6.45) is 0. The minimum Gasteiger partial charge on any atom is -0.465 e. The van der Waals surface area contributed by atoms with Crippen molar-refractivity contribution in [2.45, 2.75) is 0 Å². The summed E-state index contributed by atoms with van der Waals surface area (Å²) < 4.78 is 17.6. The first kappa shape index (κ1) is 13.6. The van der Waals surface area contributed by atoms with Gasteiger partial charge in [-0.25, -0.2) is 14.2 Å². The molecule has 6 heteroatoms. The zero-order valence-corrected chi connectivity index (χ0v) is 11.7. The van der Waals surface area contributed by atoms with E-state index in [1.807, 2.05) is 0 Å². The first-order valence-corrected chi connectivity index (χ1v) is 6.50. The molecule has 0 spiro atoms. The molecule has 3 aromatic rings. The maximum Gasteiger partial charge on any atom is 0.337 e. The second-order valence-electron chi connectivity index (χ2n) is 4.44. The lowest BCUT2D eigenvalue weighted by atomic mass is 10.2. The highest BCUT2D eigenvalue weighted by atomic mass is 35.5. The smallest absolute Gasteiger partial charge is 0.337 e. The predicted octanol–water partition coefficient (Wildman–Crippen LogP) is 3.81. The van der Waals surface area contributed by atoms with Crippen LogP contribution in [0.4, 0.5) is 4.39 Å². The number of aromatic amines is 1. The fraction of sp³-hybridized carbons (Fsp3) is 0.0667. The van der Waals surface area contributed by atoms with Crippen molar-refractivity contribution in [1.29, 1.82) is 0 Å². The number of carbonyl (C=O) groups excluding carboxylic acids is 1. The lowest BCUT2D eigenvalue weighted by molar-refractivity contribution is 0.0601. The molecule has 106 valence electrons. The number of methoxy groups -OCH3 is 1. The van der Waals surface area contributed by atoms with E-state index in [9.17, 15) is 9.18 Å². The number of nitrogens with zero attached hydrogens (tertiary/aromatic N) is 1. The number of rotatable bonds is 2. The van der Waals surface area contributed by atoms with Crippen LogP contribution < -0.4 is 0 Å². The average Bonchev–Trinajstić information content (AvgIpc) is 2.91. The second-order valence-corrected chi connectivity index (χ2v) is 4.85. The topological polar surface area (TPSA) is 55.0 Å². The molecule has 21 heavy (non-hydrogen) atoms. The fourth-order valence-electron chi connectivity index (χ4n) is 2.06. The molecule has 0 saturated heterocycles. The third kappa shape index (κ3) is 2.48. The van der Waals surface area contributed by atoms with Crippen LogP contribution in [0.2, 0.25) is 5.02 Å². The number of hydrogen-bond acceptors (Lipinski definition) is 3. The molecule has 2 aromatic carbocycles. The van der Waals surface area contributed by atoms with Crippen molar-refractivity contribution >= 4 is 28.6 Å². The maximum atomic E-state index is 12.9. The van der Waals surface area contributed by atoms with Gasteiger partial charge in [-0.05, 0) is 36.4 Å². The van der Waals surface area contributed by atoms with Crippen molar-refractivity contribution in [3.63, 3.8) is 0 Å². The first-order valence-electron chi connectivity index (χ1n) is 6.12. The summed E-state index contributed by atoms with van der Waals surface area (Å²) in [5.74, 6) is -0.244. The predicted molar refractivity (Wildman–Crippen MR) is 77.8 cm³/mol. The molecule has 0 aliphatic carbocycles. The van der Waals surface area contributed by atoms with Crippen LogP contribution in [0.3, 0.4) is 0 Å². The zero-order valence-electron chi connectivity index (χ0n) is 11.0. The molecule has 0 radical (unpaired) electrons. The molecule has 0 amide bonds.